The van der Waals surface area contributed by atoms with Crippen molar-refractivity contribution >= 4 is 72.4 Å². The van der Waals surface area contributed by atoms with Crippen LogP contribution in [0.15, 0.2) is 66.7 Å². The van der Waals surface area contributed by atoms with Crippen molar-refractivity contribution in [1.29, 1.82) is 0 Å². The molecule has 0 radical (unpaired) electrons. The third kappa shape index (κ3) is 3.39. The molecule has 0 fully saturated rings. The smallest absolute Gasteiger partial charge is 0.266 e. The summed E-state index contributed by atoms with van der Waals surface area (Å²) in [5.41, 5.74) is 4.37. The zero-order valence-corrected chi connectivity index (χ0v) is 25.2. The van der Waals surface area contributed by atoms with Gasteiger partial charge < -0.3 is 5.11 Å². The van der Waals surface area contributed by atoms with Crippen molar-refractivity contribution in [3.63, 3.8) is 0 Å². The predicted molar refractivity (Wildman–Crippen MR) is 176 cm³/mol. The molecular weight excluding hydrogens is 564 g/mol. The van der Waals surface area contributed by atoms with Gasteiger partial charge in [0, 0.05) is 33.0 Å². The maximum Gasteiger partial charge on any atom is 0.266 e. The first-order valence-electron chi connectivity index (χ1n) is 15.5. The van der Waals surface area contributed by atoms with Gasteiger partial charge >= 0.3 is 0 Å². The lowest BCUT2D eigenvalue weighted by Gasteiger charge is -2.33. The van der Waals surface area contributed by atoms with Crippen LogP contribution in [0.2, 0.25) is 0 Å². The van der Waals surface area contributed by atoms with Gasteiger partial charge in [0.15, 0.2) is 0 Å². The van der Waals surface area contributed by atoms with Gasteiger partial charge in [-0.05, 0) is 87.0 Å². The van der Waals surface area contributed by atoms with Crippen LogP contribution in [0.5, 0.6) is 0 Å². The number of carbonyl (C=O) groups excluding carboxylic acids is 4. The fourth-order valence-corrected chi connectivity index (χ4v) is 7.72. The molecule has 0 bridgehead atoms. The number of hydrogen-bond donors (Lipinski definition) is 1. The predicted octanol–water partition coefficient (Wildman–Crippen LogP) is 7.03. The fourth-order valence-electron chi connectivity index (χ4n) is 7.72. The number of hydrogen-bond acceptors (Lipinski definition) is 5. The molecule has 2 heterocycles. The lowest BCUT2D eigenvalue weighted by atomic mass is 9.82. The Kier molecular flexibility index (Phi) is 5.90. The summed E-state index contributed by atoms with van der Waals surface area (Å²) in [6, 6.07) is 20.1. The third-order valence-electron chi connectivity index (χ3n) is 9.90. The van der Waals surface area contributed by atoms with E-state index < -0.39 is 17.9 Å². The van der Waals surface area contributed by atoms with E-state index in [-0.39, 0.29) is 18.4 Å². The van der Waals surface area contributed by atoms with E-state index in [4.69, 9.17) is 0 Å². The molecule has 222 valence electrons. The number of imide groups is 2. The van der Waals surface area contributed by atoms with E-state index >= 15 is 0 Å². The minimum Gasteiger partial charge on any atom is -0.394 e. The first kappa shape index (κ1) is 27.4. The minimum atomic E-state index is -0.607. The maximum atomic E-state index is 14.3. The number of aryl methyl sites for hydroxylation is 2. The Morgan fingerprint density at radius 3 is 1.31 bits per heavy atom. The van der Waals surface area contributed by atoms with Gasteiger partial charge in [-0.2, -0.15) is 0 Å². The molecule has 1 N–H and O–H groups in total. The second-order valence-corrected chi connectivity index (χ2v) is 11.9. The molecule has 0 aromatic heterocycles. The Morgan fingerprint density at radius 1 is 0.556 bits per heavy atom. The van der Waals surface area contributed by atoms with E-state index in [2.05, 4.69) is 0 Å². The normalized spacial score (nSPS) is 15.5. The van der Waals surface area contributed by atoms with Crippen LogP contribution in [-0.4, -0.2) is 46.3 Å². The summed E-state index contributed by atoms with van der Waals surface area (Å²) in [5.74, 6) is -1.51. The van der Waals surface area contributed by atoms with E-state index in [0.29, 0.717) is 58.0 Å². The van der Waals surface area contributed by atoms with Crippen molar-refractivity contribution in [2.75, 3.05) is 11.5 Å². The summed E-state index contributed by atoms with van der Waals surface area (Å²) in [5, 5.41) is 16.2. The van der Waals surface area contributed by atoms with Gasteiger partial charge in [-0.1, -0.05) is 63.2 Å². The van der Waals surface area contributed by atoms with Crippen LogP contribution < -0.4 is 4.90 Å². The summed E-state index contributed by atoms with van der Waals surface area (Å²) in [4.78, 5) is 58.5. The molecule has 45 heavy (non-hydrogen) atoms. The number of anilines is 1. The summed E-state index contributed by atoms with van der Waals surface area (Å²) in [6.45, 7) is 5.59. The SMILES string of the molecule is CCc1cccc(CC)c1N1C(=O)c2ccc3c4ccc5c6c(ccc(c7ccc(c2c37)C1=O)c64)C(=O)N(C(CC)CO)C5=O. The quantitative estimate of drug-likeness (QED) is 0.127. The summed E-state index contributed by atoms with van der Waals surface area (Å²) >= 11 is 0. The average molecular weight is 595 g/mol. The number of benzene rings is 6. The van der Waals surface area contributed by atoms with E-state index in [1.54, 1.807) is 24.3 Å². The number of aliphatic hydroxyl groups excluding tert-OH is 1. The van der Waals surface area contributed by atoms with Crippen molar-refractivity contribution in [2.45, 2.75) is 46.1 Å². The van der Waals surface area contributed by atoms with Crippen molar-refractivity contribution in [3.8, 4) is 0 Å². The molecule has 0 aliphatic carbocycles. The van der Waals surface area contributed by atoms with Crippen molar-refractivity contribution in [3.05, 3.63) is 100 Å². The van der Waals surface area contributed by atoms with Crippen LogP contribution in [0.3, 0.4) is 0 Å². The van der Waals surface area contributed by atoms with Crippen LogP contribution in [0.25, 0.3) is 43.1 Å². The molecule has 2 aliphatic heterocycles. The van der Waals surface area contributed by atoms with Gasteiger partial charge in [0.25, 0.3) is 23.6 Å². The summed E-state index contributed by atoms with van der Waals surface area (Å²) in [7, 11) is 0. The number of amides is 4. The average Bonchev–Trinajstić information content (AvgIpc) is 3.07. The number of aliphatic hydroxyl groups is 1. The molecule has 4 amide bonds. The van der Waals surface area contributed by atoms with Crippen molar-refractivity contribution in [1.82, 2.24) is 4.90 Å². The van der Waals surface area contributed by atoms with Crippen LogP contribution >= 0.6 is 0 Å². The Labute approximate surface area is 259 Å². The summed E-state index contributed by atoms with van der Waals surface area (Å²) < 4.78 is 0. The van der Waals surface area contributed by atoms with Crippen LogP contribution in [0, 0.1) is 0 Å². The number of rotatable bonds is 6. The highest BCUT2D eigenvalue weighted by molar-refractivity contribution is 6.43. The van der Waals surface area contributed by atoms with Gasteiger partial charge in [-0.3, -0.25) is 24.1 Å². The zero-order chi connectivity index (χ0) is 31.3. The van der Waals surface area contributed by atoms with Gasteiger partial charge in [-0.15, -0.1) is 0 Å². The molecule has 6 aromatic rings. The van der Waals surface area contributed by atoms with Gasteiger partial charge in [0.1, 0.15) is 0 Å². The molecule has 1 unspecified atom stereocenters. The van der Waals surface area contributed by atoms with E-state index in [1.165, 1.54) is 9.80 Å². The Hall–Kier alpha value is -5.14. The van der Waals surface area contributed by atoms with Crippen LogP contribution in [0.4, 0.5) is 5.69 Å². The molecule has 7 heteroatoms. The highest BCUT2D eigenvalue weighted by atomic mass is 16.3. The second-order valence-electron chi connectivity index (χ2n) is 11.9. The van der Waals surface area contributed by atoms with E-state index in [0.717, 1.165) is 43.4 Å². The zero-order valence-electron chi connectivity index (χ0n) is 25.2. The van der Waals surface area contributed by atoms with E-state index in [1.807, 2.05) is 63.2 Å². The standard InChI is InChI=1S/C38H30N2O5/c1-4-19-8-7-9-20(5-2)34(19)40-37(44)28-16-12-24-22-10-14-26-32-27(36(43)39(35(26)42)21(6-3)18-41)15-11-23(30(22)32)25-13-17-29(38(40)45)33(28)31(24)25/h7-17,21,41H,4-6,18H2,1-3H3. The molecule has 7 nitrogen and oxygen atoms in total. The molecular formula is C38H30N2O5. The number of carbonyl (C=O) groups is 4. The summed E-state index contributed by atoms with van der Waals surface area (Å²) in [6.07, 6.45) is 1.82. The molecule has 8 rings (SSSR count). The van der Waals surface area contributed by atoms with Crippen molar-refractivity contribution < 1.29 is 24.3 Å². The molecule has 0 spiro atoms. The molecule has 2 aliphatic rings. The van der Waals surface area contributed by atoms with Crippen LogP contribution in [-0.2, 0) is 12.8 Å². The second kappa shape index (κ2) is 9.68. The molecule has 6 aromatic carbocycles. The van der Waals surface area contributed by atoms with Gasteiger partial charge in [0.05, 0.1) is 18.3 Å². The largest absolute Gasteiger partial charge is 0.394 e. The third-order valence-corrected chi connectivity index (χ3v) is 9.90. The van der Waals surface area contributed by atoms with Gasteiger partial charge in [-0.25, -0.2) is 4.90 Å². The number of para-hydroxylation sites is 1. The molecule has 1 atom stereocenters. The minimum absolute atomic E-state index is 0.304. The Balaban J connectivity index is 1.41. The molecule has 0 saturated heterocycles. The van der Waals surface area contributed by atoms with Crippen LogP contribution in [0.1, 0.15) is 79.8 Å². The number of nitrogens with zero attached hydrogens (tertiary/aromatic N) is 2. The number of fused-ring (bicyclic) bond motifs is 2. The van der Waals surface area contributed by atoms with Gasteiger partial charge in [0.2, 0.25) is 0 Å². The first-order chi connectivity index (χ1) is 21.9. The lowest BCUT2D eigenvalue weighted by Crippen LogP contribution is -2.48. The first-order valence-corrected chi connectivity index (χ1v) is 15.5. The Morgan fingerprint density at radius 2 is 0.956 bits per heavy atom. The van der Waals surface area contributed by atoms with E-state index in [9.17, 15) is 24.3 Å². The molecule has 0 saturated carbocycles. The fraction of sp³-hybridized carbons (Fsp3) is 0.211. The topological polar surface area (TPSA) is 95.0 Å². The highest BCUT2D eigenvalue weighted by Gasteiger charge is 2.39. The lowest BCUT2D eigenvalue weighted by molar-refractivity contribution is 0.0465. The van der Waals surface area contributed by atoms with Crippen molar-refractivity contribution in [2.24, 2.45) is 0 Å². The monoisotopic (exact) mass is 594 g/mol. The highest BCUT2D eigenvalue weighted by Crippen LogP contribution is 2.47. The Bertz CT molecular complexity index is 2170. The maximum absolute atomic E-state index is 14.3.